The normalized spacial score (nSPS) is 11.3. The minimum absolute atomic E-state index is 0.772. The van der Waals surface area contributed by atoms with Crippen molar-refractivity contribution < 1.29 is 0 Å². The van der Waals surface area contributed by atoms with Crippen LogP contribution >= 0.6 is 11.6 Å². The van der Waals surface area contributed by atoms with E-state index >= 15 is 0 Å². The molecule has 2 aromatic rings. The molecule has 92 valence electrons. The fraction of sp³-hybridized carbons (Fsp3) is 0.125. The van der Waals surface area contributed by atoms with Crippen LogP contribution in [0.1, 0.15) is 6.92 Å². The van der Waals surface area contributed by atoms with Crippen LogP contribution < -0.4 is 5.32 Å². The van der Waals surface area contributed by atoms with Gasteiger partial charge in [0.25, 0.3) is 0 Å². The molecule has 2 aromatic carbocycles. The van der Waals surface area contributed by atoms with Crippen molar-refractivity contribution in [1.82, 2.24) is 0 Å². The summed E-state index contributed by atoms with van der Waals surface area (Å²) in [6, 6.07) is 18.8. The molecule has 0 atom stereocenters. The van der Waals surface area contributed by atoms with Crippen molar-refractivity contribution in [2.45, 2.75) is 6.92 Å². The van der Waals surface area contributed by atoms with Crippen LogP contribution in [-0.2, 0) is 0 Å². The van der Waals surface area contributed by atoms with Crippen LogP contribution in [0.15, 0.2) is 65.7 Å². The van der Waals surface area contributed by atoms with Crippen LogP contribution in [0.3, 0.4) is 0 Å². The van der Waals surface area contributed by atoms with Crippen molar-refractivity contribution in [3.8, 4) is 11.1 Å². The Kier molecular flexibility index (Phi) is 4.43. The van der Waals surface area contributed by atoms with Crippen LogP contribution in [0.5, 0.6) is 0 Å². The second-order valence-corrected chi connectivity index (χ2v) is 4.47. The summed E-state index contributed by atoms with van der Waals surface area (Å²) in [7, 11) is 0. The average molecular weight is 258 g/mol. The van der Waals surface area contributed by atoms with E-state index in [2.05, 4.69) is 53.8 Å². The van der Waals surface area contributed by atoms with Gasteiger partial charge in [-0.3, -0.25) is 0 Å². The van der Waals surface area contributed by atoms with Gasteiger partial charge in [0.15, 0.2) is 0 Å². The number of anilines is 1. The lowest BCUT2D eigenvalue weighted by Crippen LogP contribution is -2.01. The third-order valence-corrected chi connectivity index (χ3v) is 3.12. The van der Waals surface area contributed by atoms with Crippen LogP contribution in [0, 0.1) is 0 Å². The Morgan fingerprint density at radius 2 is 1.61 bits per heavy atom. The summed E-state index contributed by atoms with van der Waals surface area (Å²) >= 11 is 5.62. The highest BCUT2D eigenvalue weighted by Gasteiger charge is 1.97. The van der Waals surface area contributed by atoms with Gasteiger partial charge in [-0.2, -0.15) is 0 Å². The first-order valence-corrected chi connectivity index (χ1v) is 6.38. The molecule has 0 spiro atoms. The fourth-order valence-corrected chi connectivity index (χ4v) is 1.77. The van der Waals surface area contributed by atoms with E-state index in [9.17, 15) is 0 Å². The SMILES string of the molecule is C/C(=C/Cl)CNc1ccc(-c2ccccc2)cc1. The van der Waals surface area contributed by atoms with Gasteiger partial charge in [0.05, 0.1) is 0 Å². The number of nitrogens with one attached hydrogen (secondary N) is 1. The summed E-state index contributed by atoms with van der Waals surface area (Å²) in [6.45, 7) is 2.77. The van der Waals surface area contributed by atoms with Crippen molar-refractivity contribution in [1.29, 1.82) is 0 Å². The Balaban J connectivity index is 2.06. The Bertz CT molecular complexity index is 515. The van der Waals surface area contributed by atoms with Crippen molar-refractivity contribution >= 4 is 17.3 Å². The van der Waals surface area contributed by atoms with Gasteiger partial charge in [-0.25, -0.2) is 0 Å². The van der Waals surface area contributed by atoms with E-state index in [0.717, 1.165) is 17.8 Å². The molecule has 0 unspecified atom stereocenters. The Hall–Kier alpha value is -1.73. The molecule has 0 aliphatic heterocycles. The van der Waals surface area contributed by atoms with Crippen LogP contribution in [0.25, 0.3) is 11.1 Å². The maximum Gasteiger partial charge on any atom is 0.0369 e. The predicted octanol–water partition coefficient (Wildman–Crippen LogP) is 4.91. The Morgan fingerprint density at radius 3 is 2.22 bits per heavy atom. The number of hydrogen-bond acceptors (Lipinski definition) is 1. The first-order chi connectivity index (χ1) is 8.79. The molecule has 2 rings (SSSR count). The molecule has 0 heterocycles. The lowest BCUT2D eigenvalue weighted by Gasteiger charge is -2.07. The largest absolute Gasteiger partial charge is 0.381 e. The van der Waals surface area contributed by atoms with Gasteiger partial charge in [0.1, 0.15) is 0 Å². The summed E-state index contributed by atoms with van der Waals surface area (Å²) in [5, 5.41) is 3.32. The molecule has 1 nitrogen and oxygen atoms in total. The summed E-state index contributed by atoms with van der Waals surface area (Å²) in [5.41, 5.74) is 6.29. The highest BCUT2D eigenvalue weighted by Crippen LogP contribution is 2.21. The minimum Gasteiger partial charge on any atom is -0.381 e. The number of hydrogen-bond donors (Lipinski definition) is 1. The van der Waals surface area contributed by atoms with E-state index in [1.54, 1.807) is 5.54 Å². The summed E-state index contributed by atoms with van der Waals surface area (Å²) in [5.74, 6) is 0. The minimum atomic E-state index is 0.772. The zero-order valence-electron chi connectivity index (χ0n) is 10.4. The molecular weight excluding hydrogens is 242 g/mol. The van der Waals surface area contributed by atoms with E-state index in [1.165, 1.54) is 11.1 Å². The lowest BCUT2D eigenvalue weighted by atomic mass is 10.1. The summed E-state index contributed by atoms with van der Waals surface area (Å²) in [6.07, 6.45) is 0. The molecule has 0 radical (unpaired) electrons. The van der Waals surface area contributed by atoms with Crippen LogP contribution in [-0.4, -0.2) is 6.54 Å². The highest BCUT2D eigenvalue weighted by molar-refractivity contribution is 6.25. The topological polar surface area (TPSA) is 12.0 Å². The maximum atomic E-state index is 5.62. The molecule has 0 aliphatic rings. The summed E-state index contributed by atoms with van der Waals surface area (Å²) in [4.78, 5) is 0. The van der Waals surface area contributed by atoms with E-state index in [0.29, 0.717) is 0 Å². The van der Waals surface area contributed by atoms with Gasteiger partial charge in [-0.05, 0) is 35.8 Å². The van der Waals surface area contributed by atoms with Gasteiger partial charge >= 0.3 is 0 Å². The monoisotopic (exact) mass is 257 g/mol. The molecule has 1 N–H and O–H groups in total. The lowest BCUT2D eigenvalue weighted by molar-refractivity contribution is 1.21. The third kappa shape index (κ3) is 3.38. The second kappa shape index (κ2) is 6.27. The van der Waals surface area contributed by atoms with Crippen molar-refractivity contribution in [3.05, 3.63) is 65.7 Å². The Morgan fingerprint density at radius 1 is 1.00 bits per heavy atom. The van der Waals surface area contributed by atoms with E-state index < -0.39 is 0 Å². The van der Waals surface area contributed by atoms with E-state index in [4.69, 9.17) is 11.6 Å². The molecule has 0 fully saturated rings. The molecule has 0 aliphatic carbocycles. The standard InChI is InChI=1S/C16H16ClN/c1-13(11-17)12-18-16-9-7-15(8-10-16)14-5-3-2-4-6-14/h2-11,18H,12H2,1H3/b13-11-. The molecule has 0 saturated heterocycles. The zero-order valence-corrected chi connectivity index (χ0v) is 11.1. The molecule has 18 heavy (non-hydrogen) atoms. The average Bonchev–Trinajstić information content (AvgIpc) is 2.46. The van der Waals surface area contributed by atoms with Gasteiger partial charge in [0.2, 0.25) is 0 Å². The van der Waals surface area contributed by atoms with Crippen LogP contribution in [0.2, 0.25) is 0 Å². The molecule has 0 amide bonds. The molecule has 0 aromatic heterocycles. The van der Waals surface area contributed by atoms with E-state index in [1.807, 2.05) is 13.0 Å². The quantitative estimate of drug-likeness (QED) is 0.821. The number of halogens is 1. The first kappa shape index (κ1) is 12.7. The third-order valence-electron chi connectivity index (χ3n) is 2.75. The number of rotatable bonds is 4. The summed E-state index contributed by atoms with van der Waals surface area (Å²) < 4.78 is 0. The van der Waals surface area contributed by atoms with Crippen molar-refractivity contribution in [2.24, 2.45) is 0 Å². The Labute approximate surface area is 113 Å². The molecule has 0 saturated carbocycles. The van der Waals surface area contributed by atoms with Crippen molar-refractivity contribution in [2.75, 3.05) is 11.9 Å². The van der Waals surface area contributed by atoms with Gasteiger partial charge in [0, 0.05) is 17.8 Å². The van der Waals surface area contributed by atoms with Gasteiger partial charge in [-0.15, -0.1) is 0 Å². The highest BCUT2D eigenvalue weighted by atomic mass is 35.5. The zero-order chi connectivity index (χ0) is 12.8. The molecule has 2 heteroatoms. The van der Waals surface area contributed by atoms with Gasteiger partial charge in [-0.1, -0.05) is 54.1 Å². The fourth-order valence-electron chi connectivity index (χ4n) is 1.69. The van der Waals surface area contributed by atoms with E-state index in [-0.39, 0.29) is 0 Å². The maximum absolute atomic E-state index is 5.62. The molecular formula is C16H16ClN. The van der Waals surface area contributed by atoms with Crippen LogP contribution in [0.4, 0.5) is 5.69 Å². The van der Waals surface area contributed by atoms with Crippen molar-refractivity contribution in [3.63, 3.8) is 0 Å². The smallest absolute Gasteiger partial charge is 0.0369 e. The van der Waals surface area contributed by atoms with Gasteiger partial charge < -0.3 is 5.32 Å². The first-order valence-electron chi connectivity index (χ1n) is 5.95. The predicted molar refractivity (Wildman–Crippen MR) is 80.0 cm³/mol. The molecule has 0 bridgehead atoms. The number of benzene rings is 2. The second-order valence-electron chi connectivity index (χ2n) is 4.25.